The van der Waals surface area contributed by atoms with Crippen molar-refractivity contribution in [2.45, 2.75) is 19.4 Å². The maximum absolute atomic E-state index is 6.02. The molecule has 2 aromatic heterocycles. The molecule has 5 rings (SSSR count). The van der Waals surface area contributed by atoms with Crippen LogP contribution in [0.2, 0.25) is 0 Å². The molecular formula is C23H23N5O2. The number of nitrogens with one attached hydrogen (secondary N) is 3. The van der Waals surface area contributed by atoms with E-state index in [4.69, 9.17) is 9.47 Å². The summed E-state index contributed by atoms with van der Waals surface area (Å²) in [6, 6.07) is 17.6. The van der Waals surface area contributed by atoms with Gasteiger partial charge in [0.15, 0.2) is 0 Å². The van der Waals surface area contributed by atoms with Gasteiger partial charge in [-0.3, -0.25) is 0 Å². The largest absolute Gasteiger partial charge is 0.489 e. The molecule has 7 nitrogen and oxygen atoms in total. The highest BCUT2D eigenvalue weighted by Gasteiger charge is 2.16. The topological polar surface area (TPSA) is 84.1 Å². The van der Waals surface area contributed by atoms with E-state index in [1.807, 2.05) is 49.4 Å². The lowest BCUT2D eigenvalue weighted by Crippen LogP contribution is -2.19. The molecule has 1 atom stereocenters. The molecule has 4 aromatic rings. The number of rotatable bonds is 6. The Labute approximate surface area is 174 Å². The second kappa shape index (κ2) is 8.04. The minimum absolute atomic E-state index is 0.217. The average Bonchev–Trinajstić information content (AvgIpc) is 3.37. The number of benzene rings is 2. The van der Waals surface area contributed by atoms with Crippen molar-refractivity contribution in [2.75, 3.05) is 18.4 Å². The molecule has 3 heterocycles. The number of H-pyrrole nitrogens is 1. The monoisotopic (exact) mass is 401 g/mol. The Balaban J connectivity index is 1.29. The van der Waals surface area contributed by atoms with Gasteiger partial charge in [0.05, 0.1) is 0 Å². The Hall–Kier alpha value is -3.58. The van der Waals surface area contributed by atoms with Gasteiger partial charge in [0, 0.05) is 47.2 Å². The van der Waals surface area contributed by atoms with Crippen molar-refractivity contribution in [3.63, 3.8) is 0 Å². The van der Waals surface area contributed by atoms with E-state index in [0.717, 1.165) is 53.3 Å². The van der Waals surface area contributed by atoms with Crippen LogP contribution in [-0.2, 0) is 0 Å². The number of aryl methyl sites for hydroxylation is 1. The van der Waals surface area contributed by atoms with E-state index < -0.39 is 0 Å². The molecule has 0 saturated carbocycles. The standard InChI is InChI=1S/C23H23N5O2/c1-15-11-16-12-19(5-6-21(16)26-15)30-22-8-10-25-23(28-22)27-17-3-2-4-18(13-17)29-20-7-9-24-14-20/h2-6,8,10-13,20,24,26H,7,9,14H2,1H3,(H,25,27,28). The summed E-state index contributed by atoms with van der Waals surface area (Å²) < 4.78 is 12.0. The first-order chi connectivity index (χ1) is 14.7. The Morgan fingerprint density at radius 2 is 2.03 bits per heavy atom. The normalized spacial score (nSPS) is 16.0. The Kier molecular flexibility index (Phi) is 4.94. The first kappa shape index (κ1) is 18.4. The van der Waals surface area contributed by atoms with Crippen LogP contribution in [0.15, 0.2) is 60.8 Å². The van der Waals surface area contributed by atoms with E-state index in [2.05, 4.69) is 31.7 Å². The summed E-state index contributed by atoms with van der Waals surface area (Å²) in [6.07, 6.45) is 2.91. The quantitative estimate of drug-likeness (QED) is 0.440. The van der Waals surface area contributed by atoms with Gasteiger partial charge in [0.25, 0.3) is 0 Å². The Morgan fingerprint density at radius 1 is 1.07 bits per heavy atom. The van der Waals surface area contributed by atoms with Gasteiger partial charge in [0.1, 0.15) is 17.6 Å². The summed E-state index contributed by atoms with van der Waals surface area (Å²) in [6.45, 7) is 3.92. The molecule has 0 radical (unpaired) electrons. The fraction of sp³-hybridized carbons (Fsp3) is 0.217. The van der Waals surface area contributed by atoms with Crippen LogP contribution in [0.1, 0.15) is 12.1 Å². The molecule has 7 heteroatoms. The van der Waals surface area contributed by atoms with Crippen LogP contribution in [0.4, 0.5) is 11.6 Å². The number of aromatic amines is 1. The molecule has 1 aliphatic rings. The number of fused-ring (bicyclic) bond motifs is 1. The average molecular weight is 401 g/mol. The highest BCUT2D eigenvalue weighted by molar-refractivity contribution is 5.81. The van der Waals surface area contributed by atoms with Crippen LogP contribution in [0.5, 0.6) is 17.4 Å². The maximum Gasteiger partial charge on any atom is 0.230 e. The zero-order valence-electron chi connectivity index (χ0n) is 16.7. The minimum Gasteiger partial charge on any atom is -0.489 e. The third-order valence-corrected chi connectivity index (χ3v) is 4.99. The maximum atomic E-state index is 6.02. The molecule has 0 spiro atoms. The summed E-state index contributed by atoms with van der Waals surface area (Å²) in [5.74, 6) is 2.50. The molecule has 0 bridgehead atoms. The van der Waals surface area contributed by atoms with Crippen LogP contribution in [-0.4, -0.2) is 34.1 Å². The highest BCUT2D eigenvalue weighted by Crippen LogP contribution is 2.26. The van der Waals surface area contributed by atoms with Crippen molar-refractivity contribution in [2.24, 2.45) is 0 Å². The van der Waals surface area contributed by atoms with E-state index in [9.17, 15) is 0 Å². The zero-order chi connectivity index (χ0) is 20.3. The number of hydrogen-bond acceptors (Lipinski definition) is 6. The molecular weight excluding hydrogens is 378 g/mol. The molecule has 0 amide bonds. The van der Waals surface area contributed by atoms with E-state index in [-0.39, 0.29) is 6.10 Å². The summed E-state index contributed by atoms with van der Waals surface area (Å²) in [7, 11) is 0. The first-order valence-electron chi connectivity index (χ1n) is 10.1. The number of aromatic nitrogens is 3. The number of hydrogen-bond donors (Lipinski definition) is 3. The van der Waals surface area contributed by atoms with Gasteiger partial charge in [-0.15, -0.1) is 0 Å². The lowest BCUT2D eigenvalue weighted by atomic mass is 10.2. The SMILES string of the molecule is Cc1cc2cc(Oc3ccnc(Nc4cccc(OC5CCNC5)c4)n3)ccc2[nH]1. The van der Waals surface area contributed by atoms with Crippen molar-refractivity contribution in [1.29, 1.82) is 0 Å². The van der Waals surface area contributed by atoms with Gasteiger partial charge < -0.3 is 25.1 Å². The van der Waals surface area contributed by atoms with Gasteiger partial charge in [-0.25, -0.2) is 4.98 Å². The smallest absolute Gasteiger partial charge is 0.230 e. The highest BCUT2D eigenvalue weighted by atomic mass is 16.5. The second-order valence-electron chi connectivity index (χ2n) is 7.41. The summed E-state index contributed by atoms with van der Waals surface area (Å²) in [5, 5.41) is 7.64. The summed E-state index contributed by atoms with van der Waals surface area (Å²) in [5.41, 5.74) is 3.06. The fourth-order valence-corrected chi connectivity index (χ4v) is 3.60. The molecule has 1 aliphatic heterocycles. The third-order valence-electron chi connectivity index (χ3n) is 4.99. The third kappa shape index (κ3) is 4.21. The fourth-order valence-electron chi connectivity index (χ4n) is 3.60. The number of nitrogens with zero attached hydrogens (tertiary/aromatic N) is 2. The van der Waals surface area contributed by atoms with E-state index in [0.29, 0.717) is 11.8 Å². The molecule has 30 heavy (non-hydrogen) atoms. The van der Waals surface area contributed by atoms with Crippen molar-refractivity contribution >= 4 is 22.5 Å². The van der Waals surface area contributed by atoms with Crippen LogP contribution in [0.25, 0.3) is 10.9 Å². The van der Waals surface area contributed by atoms with Crippen molar-refractivity contribution in [3.8, 4) is 17.4 Å². The lowest BCUT2D eigenvalue weighted by Gasteiger charge is -2.13. The summed E-state index contributed by atoms with van der Waals surface area (Å²) in [4.78, 5) is 12.1. The minimum atomic E-state index is 0.217. The molecule has 1 fully saturated rings. The second-order valence-corrected chi connectivity index (χ2v) is 7.41. The lowest BCUT2D eigenvalue weighted by molar-refractivity contribution is 0.223. The first-order valence-corrected chi connectivity index (χ1v) is 10.1. The van der Waals surface area contributed by atoms with Crippen molar-refractivity contribution < 1.29 is 9.47 Å². The molecule has 2 aromatic carbocycles. The molecule has 0 aliphatic carbocycles. The molecule has 1 saturated heterocycles. The van der Waals surface area contributed by atoms with E-state index in [1.54, 1.807) is 12.3 Å². The predicted octanol–water partition coefficient (Wildman–Crippen LogP) is 4.54. The van der Waals surface area contributed by atoms with E-state index in [1.165, 1.54) is 0 Å². The van der Waals surface area contributed by atoms with E-state index >= 15 is 0 Å². The molecule has 1 unspecified atom stereocenters. The van der Waals surface area contributed by atoms with Crippen LogP contribution in [0.3, 0.4) is 0 Å². The summed E-state index contributed by atoms with van der Waals surface area (Å²) >= 11 is 0. The van der Waals surface area contributed by atoms with Gasteiger partial charge in [0.2, 0.25) is 11.8 Å². The van der Waals surface area contributed by atoms with Crippen LogP contribution >= 0.6 is 0 Å². The number of anilines is 2. The van der Waals surface area contributed by atoms with Crippen LogP contribution in [0, 0.1) is 6.92 Å². The van der Waals surface area contributed by atoms with Crippen molar-refractivity contribution in [1.82, 2.24) is 20.3 Å². The van der Waals surface area contributed by atoms with Crippen molar-refractivity contribution in [3.05, 3.63) is 66.5 Å². The molecule has 152 valence electrons. The zero-order valence-corrected chi connectivity index (χ0v) is 16.7. The predicted molar refractivity (Wildman–Crippen MR) is 117 cm³/mol. The van der Waals surface area contributed by atoms with Gasteiger partial charge >= 0.3 is 0 Å². The Bertz CT molecular complexity index is 1170. The van der Waals surface area contributed by atoms with Crippen LogP contribution < -0.4 is 20.1 Å². The Morgan fingerprint density at radius 3 is 2.93 bits per heavy atom. The van der Waals surface area contributed by atoms with Gasteiger partial charge in [-0.2, -0.15) is 4.98 Å². The molecule has 3 N–H and O–H groups in total. The van der Waals surface area contributed by atoms with Gasteiger partial charge in [-0.1, -0.05) is 6.07 Å². The number of ether oxygens (including phenoxy) is 2. The van der Waals surface area contributed by atoms with Gasteiger partial charge in [-0.05, 0) is 56.3 Å².